The summed E-state index contributed by atoms with van der Waals surface area (Å²) in [6.45, 7) is 3.80. The number of ether oxygens (including phenoxy) is 1. The van der Waals surface area contributed by atoms with E-state index in [4.69, 9.17) is 4.74 Å². The Bertz CT molecular complexity index is 1040. The molecule has 1 aromatic heterocycles. The minimum atomic E-state index is -0.452. The maximum absolute atomic E-state index is 13.6. The van der Waals surface area contributed by atoms with Crippen LogP contribution in [0.2, 0.25) is 0 Å². The summed E-state index contributed by atoms with van der Waals surface area (Å²) in [5.41, 5.74) is 3.57. The van der Waals surface area contributed by atoms with Gasteiger partial charge in [0.15, 0.2) is 0 Å². The molecular formula is C27H30N2O3S. The Kier molecular flexibility index (Phi) is 7.92. The van der Waals surface area contributed by atoms with E-state index in [0.29, 0.717) is 30.3 Å². The van der Waals surface area contributed by atoms with Crippen LogP contribution < -0.4 is 10.6 Å². The standard InChI is InChI=1S/C27H30N2O3S/c1-2-32-18-10-17-28-25(30)24-21-15-9-16-22(21)33-27(24)29-26(31)23(19-11-5-3-6-12-19)20-13-7-4-8-14-20/h3-8,11-14,23H,2,9-10,15-18H2,1H3,(H,28,30)(H,29,31). The van der Waals surface area contributed by atoms with Crippen LogP contribution in [0.4, 0.5) is 5.00 Å². The lowest BCUT2D eigenvalue weighted by atomic mass is 9.90. The minimum absolute atomic E-state index is 0.114. The van der Waals surface area contributed by atoms with Gasteiger partial charge in [0.1, 0.15) is 5.00 Å². The fraction of sp³-hybridized carbons (Fsp3) is 0.333. The molecule has 0 aliphatic heterocycles. The Morgan fingerprint density at radius 3 is 2.30 bits per heavy atom. The van der Waals surface area contributed by atoms with E-state index >= 15 is 0 Å². The van der Waals surface area contributed by atoms with Crippen molar-refractivity contribution < 1.29 is 14.3 Å². The SMILES string of the molecule is CCOCCCNC(=O)c1c(NC(=O)C(c2ccccc2)c2ccccc2)sc2c1CCC2. The van der Waals surface area contributed by atoms with E-state index in [9.17, 15) is 9.59 Å². The number of hydrogen-bond acceptors (Lipinski definition) is 4. The average Bonchev–Trinajstić information content (AvgIpc) is 3.41. The Morgan fingerprint density at radius 1 is 1.00 bits per heavy atom. The van der Waals surface area contributed by atoms with Crippen LogP contribution in [0, 0.1) is 0 Å². The van der Waals surface area contributed by atoms with E-state index in [1.807, 2.05) is 67.6 Å². The number of amides is 2. The summed E-state index contributed by atoms with van der Waals surface area (Å²) in [5, 5.41) is 6.80. The molecule has 5 nitrogen and oxygen atoms in total. The largest absolute Gasteiger partial charge is 0.382 e. The molecule has 0 atom stereocenters. The van der Waals surface area contributed by atoms with Crippen LogP contribution in [0.5, 0.6) is 0 Å². The van der Waals surface area contributed by atoms with Crippen LogP contribution in [0.1, 0.15) is 57.6 Å². The summed E-state index contributed by atoms with van der Waals surface area (Å²) in [4.78, 5) is 27.9. The highest BCUT2D eigenvalue weighted by Crippen LogP contribution is 2.40. The quantitative estimate of drug-likeness (QED) is 0.409. The molecule has 0 bridgehead atoms. The van der Waals surface area contributed by atoms with Gasteiger partial charge in [-0.15, -0.1) is 11.3 Å². The third kappa shape index (κ3) is 5.52. The first kappa shape index (κ1) is 23.2. The zero-order valence-electron chi connectivity index (χ0n) is 18.9. The number of thiophene rings is 1. The molecule has 6 heteroatoms. The molecule has 1 heterocycles. The van der Waals surface area contributed by atoms with Gasteiger partial charge in [0, 0.05) is 24.6 Å². The predicted octanol–water partition coefficient (Wildman–Crippen LogP) is 5.16. The predicted molar refractivity (Wildman–Crippen MR) is 133 cm³/mol. The number of hydrogen-bond donors (Lipinski definition) is 2. The Balaban J connectivity index is 1.57. The average molecular weight is 463 g/mol. The van der Waals surface area contributed by atoms with Gasteiger partial charge in [0.05, 0.1) is 11.5 Å². The molecule has 172 valence electrons. The van der Waals surface area contributed by atoms with Crippen LogP contribution in [-0.4, -0.2) is 31.6 Å². The van der Waals surface area contributed by atoms with Gasteiger partial charge >= 0.3 is 0 Å². The molecule has 0 saturated carbocycles. The van der Waals surface area contributed by atoms with Gasteiger partial charge in [-0.25, -0.2) is 0 Å². The van der Waals surface area contributed by atoms with Crippen molar-refractivity contribution in [2.45, 2.75) is 38.5 Å². The first-order chi connectivity index (χ1) is 16.2. The lowest BCUT2D eigenvalue weighted by Crippen LogP contribution is -2.28. The lowest BCUT2D eigenvalue weighted by Gasteiger charge is -2.18. The number of benzene rings is 2. The zero-order chi connectivity index (χ0) is 23.0. The molecule has 2 amide bonds. The van der Waals surface area contributed by atoms with Crippen molar-refractivity contribution in [1.82, 2.24) is 5.32 Å². The second kappa shape index (κ2) is 11.3. The lowest BCUT2D eigenvalue weighted by molar-refractivity contribution is -0.116. The van der Waals surface area contributed by atoms with Gasteiger partial charge in [0.25, 0.3) is 5.91 Å². The van der Waals surface area contributed by atoms with Crippen molar-refractivity contribution in [3.05, 3.63) is 87.8 Å². The zero-order valence-corrected chi connectivity index (χ0v) is 19.8. The van der Waals surface area contributed by atoms with Crippen LogP contribution in [0.15, 0.2) is 60.7 Å². The molecule has 0 unspecified atom stereocenters. The molecule has 2 aromatic carbocycles. The monoisotopic (exact) mass is 462 g/mol. The fourth-order valence-corrected chi connectivity index (χ4v) is 5.60. The molecule has 1 aliphatic carbocycles. The first-order valence-corrected chi connectivity index (χ1v) is 12.4. The van der Waals surface area contributed by atoms with Crippen LogP contribution in [-0.2, 0) is 22.4 Å². The van der Waals surface area contributed by atoms with E-state index in [1.54, 1.807) is 11.3 Å². The molecule has 0 saturated heterocycles. The number of carbonyl (C=O) groups excluding carboxylic acids is 2. The summed E-state index contributed by atoms with van der Waals surface area (Å²) >= 11 is 1.54. The molecule has 33 heavy (non-hydrogen) atoms. The number of nitrogens with one attached hydrogen (secondary N) is 2. The van der Waals surface area contributed by atoms with Crippen molar-refractivity contribution in [1.29, 1.82) is 0 Å². The normalized spacial score (nSPS) is 12.5. The van der Waals surface area contributed by atoms with Gasteiger partial charge in [-0.05, 0) is 49.3 Å². The Morgan fingerprint density at radius 2 is 1.67 bits per heavy atom. The van der Waals surface area contributed by atoms with Crippen molar-refractivity contribution in [3.63, 3.8) is 0 Å². The molecular weight excluding hydrogens is 432 g/mol. The summed E-state index contributed by atoms with van der Waals surface area (Å²) in [6, 6.07) is 19.5. The number of anilines is 1. The highest BCUT2D eigenvalue weighted by Gasteiger charge is 2.30. The maximum Gasteiger partial charge on any atom is 0.254 e. The molecule has 3 aromatic rings. The van der Waals surface area contributed by atoms with Crippen LogP contribution in [0.25, 0.3) is 0 Å². The molecule has 0 fully saturated rings. The third-order valence-corrected chi connectivity index (χ3v) is 7.08. The number of carbonyl (C=O) groups is 2. The van der Waals surface area contributed by atoms with E-state index in [1.165, 1.54) is 4.88 Å². The Labute approximate surface area is 199 Å². The van der Waals surface area contributed by atoms with E-state index in [0.717, 1.165) is 42.4 Å². The van der Waals surface area contributed by atoms with Crippen LogP contribution in [0.3, 0.4) is 0 Å². The van der Waals surface area contributed by atoms with Crippen molar-refractivity contribution >= 4 is 28.2 Å². The third-order valence-electron chi connectivity index (χ3n) is 5.87. The van der Waals surface area contributed by atoms with Crippen molar-refractivity contribution in [2.24, 2.45) is 0 Å². The van der Waals surface area contributed by atoms with Gasteiger partial charge in [-0.3, -0.25) is 9.59 Å². The summed E-state index contributed by atoms with van der Waals surface area (Å²) in [7, 11) is 0. The summed E-state index contributed by atoms with van der Waals surface area (Å²) < 4.78 is 5.36. The number of fused-ring (bicyclic) bond motifs is 1. The topological polar surface area (TPSA) is 67.4 Å². The summed E-state index contributed by atoms with van der Waals surface area (Å²) in [5.74, 6) is -0.693. The highest BCUT2D eigenvalue weighted by molar-refractivity contribution is 7.17. The van der Waals surface area contributed by atoms with Gasteiger partial charge in [0.2, 0.25) is 5.91 Å². The summed E-state index contributed by atoms with van der Waals surface area (Å²) in [6.07, 6.45) is 3.65. The molecule has 2 N–H and O–H groups in total. The molecule has 4 rings (SSSR count). The van der Waals surface area contributed by atoms with Crippen molar-refractivity contribution in [3.8, 4) is 0 Å². The van der Waals surface area contributed by atoms with Gasteiger partial charge in [-0.2, -0.15) is 0 Å². The van der Waals surface area contributed by atoms with Gasteiger partial charge in [-0.1, -0.05) is 60.7 Å². The second-order valence-electron chi connectivity index (χ2n) is 8.11. The highest BCUT2D eigenvalue weighted by atomic mass is 32.1. The maximum atomic E-state index is 13.6. The smallest absolute Gasteiger partial charge is 0.254 e. The Hall–Kier alpha value is -2.96. The van der Waals surface area contributed by atoms with E-state index in [2.05, 4.69) is 10.6 Å². The van der Waals surface area contributed by atoms with E-state index in [-0.39, 0.29) is 11.8 Å². The molecule has 0 spiro atoms. The first-order valence-electron chi connectivity index (χ1n) is 11.6. The number of aryl methyl sites for hydroxylation is 1. The van der Waals surface area contributed by atoms with E-state index < -0.39 is 5.92 Å². The number of rotatable bonds is 10. The van der Waals surface area contributed by atoms with Crippen molar-refractivity contribution in [2.75, 3.05) is 25.1 Å². The van der Waals surface area contributed by atoms with Gasteiger partial charge < -0.3 is 15.4 Å². The minimum Gasteiger partial charge on any atom is -0.382 e. The van der Waals surface area contributed by atoms with Crippen LogP contribution >= 0.6 is 11.3 Å². The fourth-order valence-electron chi connectivity index (χ4n) is 4.31. The second-order valence-corrected chi connectivity index (χ2v) is 9.22. The molecule has 0 radical (unpaired) electrons. The molecule has 1 aliphatic rings.